The van der Waals surface area contributed by atoms with Crippen molar-refractivity contribution in [2.75, 3.05) is 5.75 Å². The Hall–Kier alpha value is -1.21. The Kier molecular flexibility index (Phi) is 4.69. The molecule has 0 nitrogen and oxygen atoms in total. The summed E-state index contributed by atoms with van der Waals surface area (Å²) in [6, 6.07) is 21.8. The van der Waals surface area contributed by atoms with Crippen molar-refractivity contribution in [2.45, 2.75) is 29.6 Å². The minimum Gasteiger partial charge on any atom is -0.0652 e. The molecule has 0 saturated carbocycles. The van der Waals surface area contributed by atoms with E-state index in [2.05, 4.69) is 67.6 Å². The zero-order valence-corrected chi connectivity index (χ0v) is 11.1. The Morgan fingerprint density at radius 3 is 1.65 bits per heavy atom. The fraction of sp³-hybridized carbons (Fsp3) is 0.250. The molecule has 0 spiro atoms. The summed E-state index contributed by atoms with van der Waals surface area (Å²) in [7, 11) is 0.249. The first-order chi connectivity index (χ1) is 8.42. The SMILES string of the molecule is CCCC[S+](c1ccccc1)c1ccccc1. The fourth-order valence-corrected chi connectivity index (χ4v) is 4.12. The summed E-state index contributed by atoms with van der Waals surface area (Å²) in [6.45, 7) is 2.26. The van der Waals surface area contributed by atoms with E-state index in [1.54, 1.807) is 0 Å². The molecule has 88 valence electrons. The Labute approximate surface area is 107 Å². The Morgan fingerprint density at radius 1 is 0.765 bits per heavy atom. The van der Waals surface area contributed by atoms with Crippen LogP contribution in [0.15, 0.2) is 70.5 Å². The molecule has 2 rings (SSSR count). The van der Waals surface area contributed by atoms with Crippen molar-refractivity contribution in [3.05, 3.63) is 60.7 Å². The molecule has 0 N–H and O–H groups in total. The minimum atomic E-state index is 0.249. The Bertz CT molecular complexity index is 382. The van der Waals surface area contributed by atoms with Gasteiger partial charge in [0, 0.05) is 0 Å². The van der Waals surface area contributed by atoms with Crippen LogP contribution >= 0.6 is 0 Å². The summed E-state index contributed by atoms with van der Waals surface area (Å²) >= 11 is 0. The molecule has 0 aliphatic rings. The minimum absolute atomic E-state index is 0.249. The molecule has 0 amide bonds. The molecule has 0 aliphatic heterocycles. The highest BCUT2D eigenvalue weighted by molar-refractivity contribution is 7.97. The van der Waals surface area contributed by atoms with Crippen molar-refractivity contribution >= 4 is 10.9 Å². The van der Waals surface area contributed by atoms with E-state index in [-0.39, 0.29) is 10.9 Å². The normalized spacial score (nSPS) is 10.7. The fourth-order valence-electron chi connectivity index (χ4n) is 1.83. The Morgan fingerprint density at radius 2 is 1.24 bits per heavy atom. The second-order valence-corrected chi connectivity index (χ2v) is 6.21. The molecule has 0 fully saturated rings. The molecule has 0 unspecified atom stereocenters. The average molecular weight is 243 g/mol. The van der Waals surface area contributed by atoms with Gasteiger partial charge in [-0.25, -0.2) is 0 Å². The van der Waals surface area contributed by atoms with E-state index < -0.39 is 0 Å². The van der Waals surface area contributed by atoms with Crippen molar-refractivity contribution in [3.63, 3.8) is 0 Å². The number of benzene rings is 2. The molecule has 0 saturated heterocycles. The van der Waals surface area contributed by atoms with E-state index in [4.69, 9.17) is 0 Å². The zero-order valence-electron chi connectivity index (χ0n) is 10.3. The van der Waals surface area contributed by atoms with Gasteiger partial charge in [-0.2, -0.15) is 0 Å². The maximum atomic E-state index is 2.26. The first-order valence-electron chi connectivity index (χ1n) is 6.23. The lowest BCUT2D eigenvalue weighted by atomic mass is 10.4. The maximum Gasteiger partial charge on any atom is 0.160 e. The topological polar surface area (TPSA) is 0 Å². The number of hydrogen-bond donors (Lipinski definition) is 0. The molecule has 0 aromatic heterocycles. The highest BCUT2D eigenvalue weighted by Gasteiger charge is 2.23. The molecule has 17 heavy (non-hydrogen) atoms. The van der Waals surface area contributed by atoms with Crippen molar-refractivity contribution in [2.24, 2.45) is 0 Å². The lowest BCUT2D eigenvalue weighted by Gasteiger charge is -2.07. The smallest absolute Gasteiger partial charge is 0.0652 e. The quantitative estimate of drug-likeness (QED) is 0.677. The standard InChI is InChI=1S/C16H19S/c1-2-3-14-17(15-10-6-4-7-11-15)16-12-8-5-9-13-16/h4-13H,2-3,14H2,1H3/q+1. The third-order valence-corrected chi connectivity index (χ3v) is 5.14. The van der Waals surface area contributed by atoms with Crippen LogP contribution in [0.2, 0.25) is 0 Å². The van der Waals surface area contributed by atoms with E-state index in [9.17, 15) is 0 Å². The van der Waals surface area contributed by atoms with Gasteiger partial charge in [-0.15, -0.1) is 0 Å². The van der Waals surface area contributed by atoms with Gasteiger partial charge in [-0.05, 0) is 30.7 Å². The highest BCUT2D eigenvalue weighted by atomic mass is 32.2. The van der Waals surface area contributed by atoms with E-state index >= 15 is 0 Å². The molecule has 2 aromatic carbocycles. The Balaban J connectivity index is 2.26. The predicted molar refractivity (Wildman–Crippen MR) is 76.6 cm³/mol. The van der Waals surface area contributed by atoms with Crippen LogP contribution in [0.3, 0.4) is 0 Å². The summed E-state index contributed by atoms with van der Waals surface area (Å²) in [4.78, 5) is 2.93. The van der Waals surface area contributed by atoms with Gasteiger partial charge in [0.2, 0.25) is 0 Å². The zero-order chi connectivity index (χ0) is 11.9. The number of rotatable bonds is 5. The molecule has 1 heteroatoms. The third kappa shape index (κ3) is 3.37. The lowest BCUT2D eigenvalue weighted by molar-refractivity contribution is 0.891. The van der Waals surface area contributed by atoms with Crippen molar-refractivity contribution in [1.29, 1.82) is 0 Å². The van der Waals surface area contributed by atoms with E-state index in [0.717, 1.165) is 0 Å². The van der Waals surface area contributed by atoms with Gasteiger partial charge < -0.3 is 0 Å². The van der Waals surface area contributed by atoms with Crippen molar-refractivity contribution < 1.29 is 0 Å². The van der Waals surface area contributed by atoms with Crippen LogP contribution in [0.25, 0.3) is 0 Å². The highest BCUT2D eigenvalue weighted by Crippen LogP contribution is 2.24. The summed E-state index contributed by atoms with van der Waals surface area (Å²) < 4.78 is 0. The summed E-state index contributed by atoms with van der Waals surface area (Å²) in [5.41, 5.74) is 0. The van der Waals surface area contributed by atoms with Crippen LogP contribution in [0, 0.1) is 0 Å². The monoisotopic (exact) mass is 243 g/mol. The van der Waals surface area contributed by atoms with Gasteiger partial charge in [-0.3, -0.25) is 0 Å². The van der Waals surface area contributed by atoms with E-state index in [1.165, 1.54) is 28.4 Å². The molecular formula is C16H19S+. The van der Waals surface area contributed by atoms with Crippen LogP contribution in [0.1, 0.15) is 19.8 Å². The third-order valence-electron chi connectivity index (χ3n) is 2.76. The van der Waals surface area contributed by atoms with Crippen LogP contribution in [0.5, 0.6) is 0 Å². The second-order valence-electron chi connectivity index (χ2n) is 4.07. The number of hydrogen-bond acceptors (Lipinski definition) is 0. The molecule has 0 heterocycles. The van der Waals surface area contributed by atoms with Gasteiger partial charge in [0.05, 0.1) is 10.9 Å². The average Bonchev–Trinajstić information content (AvgIpc) is 2.42. The van der Waals surface area contributed by atoms with Crippen molar-refractivity contribution in [3.8, 4) is 0 Å². The van der Waals surface area contributed by atoms with E-state index in [1.807, 2.05) is 0 Å². The van der Waals surface area contributed by atoms with Gasteiger partial charge in [0.25, 0.3) is 0 Å². The molecule has 0 bridgehead atoms. The van der Waals surface area contributed by atoms with Crippen LogP contribution in [-0.2, 0) is 10.9 Å². The van der Waals surface area contributed by atoms with Gasteiger partial charge in [0.1, 0.15) is 5.75 Å². The summed E-state index contributed by atoms with van der Waals surface area (Å²) in [6.07, 6.45) is 2.57. The lowest BCUT2D eigenvalue weighted by Crippen LogP contribution is -2.08. The van der Waals surface area contributed by atoms with Crippen LogP contribution in [-0.4, -0.2) is 5.75 Å². The first kappa shape index (κ1) is 12.3. The van der Waals surface area contributed by atoms with Gasteiger partial charge in [-0.1, -0.05) is 49.7 Å². The van der Waals surface area contributed by atoms with E-state index in [0.29, 0.717) is 0 Å². The van der Waals surface area contributed by atoms with Crippen molar-refractivity contribution in [1.82, 2.24) is 0 Å². The molecular weight excluding hydrogens is 224 g/mol. The van der Waals surface area contributed by atoms with Crippen LogP contribution in [0.4, 0.5) is 0 Å². The molecule has 0 atom stereocenters. The molecule has 2 aromatic rings. The second kappa shape index (κ2) is 6.51. The summed E-state index contributed by atoms with van der Waals surface area (Å²) in [5, 5.41) is 0. The van der Waals surface area contributed by atoms with Gasteiger partial charge >= 0.3 is 0 Å². The predicted octanol–water partition coefficient (Wildman–Crippen LogP) is 4.52. The van der Waals surface area contributed by atoms with Crippen LogP contribution < -0.4 is 0 Å². The maximum absolute atomic E-state index is 2.26. The first-order valence-corrected chi connectivity index (χ1v) is 7.62. The molecule has 0 radical (unpaired) electrons. The largest absolute Gasteiger partial charge is 0.160 e. The van der Waals surface area contributed by atoms with Gasteiger partial charge in [0.15, 0.2) is 9.79 Å². The molecule has 0 aliphatic carbocycles. The summed E-state index contributed by atoms with van der Waals surface area (Å²) in [5.74, 6) is 1.27. The number of unbranched alkanes of at least 4 members (excludes halogenated alkanes) is 1.